The predicted octanol–water partition coefficient (Wildman–Crippen LogP) is 4.71. The van der Waals surface area contributed by atoms with E-state index in [0.29, 0.717) is 16.9 Å². The van der Waals surface area contributed by atoms with Crippen LogP contribution in [-0.2, 0) is 0 Å². The second kappa shape index (κ2) is 6.50. The smallest absolute Gasteiger partial charge is 0.337 e. The van der Waals surface area contributed by atoms with E-state index in [1.165, 1.54) is 32.1 Å². The summed E-state index contributed by atoms with van der Waals surface area (Å²) < 4.78 is 0. The molecule has 1 fully saturated rings. The van der Waals surface area contributed by atoms with Crippen LogP contribution < -0.4 is 5.32 Å². The minimum absolute atomic E-state index is 0.340. The fourth-order valence-corrected chi connectivity index (χ4v) is 3.80. The van der Waals surface area contributed by atoms with E-state index in [2.05, 4.69) is 19.2 Å². The van der Waals surface area contributed by atoms with Crippen LogP contribution in [0.15, 0.2) is 18.2 Å². The molecule has 0 saturated heterocycles. The molecule has 1 aromatic rings. The van der Waals surface area contributed by atoms with Crippen LogP contribution in [0.4, 0.5) is 5.69 Å². The molecule has 0 aromatic heterocycles. The summed E-state index contributed by atoms with van der Waals surface area (Å²) in [5.41, 5.74) is 2.52. The number of rotatable bonds is 6. The maximum Gasteiger partial charge on any atom is 0.337 e. The lowest BCUT2D eigenvalue weighted by atomic mass is 9.78. The summed E-state index contributed by atoms with van der Waals surface area (Å²) in [5, 5.41) is 12.8. The van der Waals surface area contributed by atoms with Crippen LogP contribution in [0, 0.1) is 18.3 Å². The number of carbonyl (C=O) groups is 1. The first-order chi connectivity index (χ1) is 9.93. The maximum atomic E-state index is 11.4. The lowest BCUT2D eigenvalue weighted by molar-refractivity contribution is 0.0697. The molecule has 0 amide bonds. The Morgan fingerprint density at radius 1 is 1.33 bits per heavy atom. The molecular weight excluding hydrogens is 262 g/mol. The van der Waals surface area contributed by atoms with Crippen molar-refractivity contribution in [2.24, 2.45) is 11.3 Å². The van der Waals surface area contributed by atoms with Gasteiger partial charge in [0.05, 0.1) is 11.3 Å². The van der Waals surface area contributed by atoms with Crippen LogP contribution in [0.5, 0.6) is 0 Å². The molecular formula is C18H27NO2. The summed E-state index contributed by atoms with van der Waals surface area (Å²) in [6.45, 7) is 7.40. The van der Waals surface area contributed by atoms with Gasteiger partial charge in [-0.15, -0.1) is 0 Å². The fraction of sp³-hybridized carbons (Fsp3) is 0.611. The highest BCUT2D eigenvalue weighted by atomic mass is 16.4. The zero-order valence-electron chi connectivity index (χ0n) is 13.4. The number of carboxylic acid groups (broad SMARTS) is 1. The molecule has 116 valence electrons. The number of carboxylic acids is 1. The largest absolute Gasteiger partial charge is 0.478 e. The van der Waals surface area contributed by atoms with Gasteiger partial charge in [0.1, 0.15) is 0 Å². The van der Waals surface area contributed by atoms with Crippen molar-refractivity contribution in [1.82, 2.24) is 0 Å². The van der Waals surface area contributed by atoms with E-state index in [4.69, 9.17) is 0 Å². The van der Waals surface area contributed by atoms with Crippen molar-refractivity contribution in [3.05, 3.63) is 29.3 Å². The van der Waals surface area contributed by atoms with Crippen molar-refractivity contribution < 1.29 is 9.90 Å². The third-order valence-electron chi connectivity index (χ3n) is 4.65. The van der Waals surface area contributed by atoms with Crippen molar-refractivity contribution in [3.8, 4) is 0 Å². The summed E-state index contributed by atoms with van der Waals surface area (Å²) in [6.07, 6.45) is 6.33. The highest BCUT2D eigenvalue weighted by Crippen LogP contribution is 2.43. The van der Waals surface area contributed by atoms with E-state index >= 15 is 0 Å². The van der Waals surface area contributed by atoms with Gasteiger partial charge in [-0.2, -0.15) is 0 Å². The van der Waals surface area contributed by atoms with Gasteiger partial charge in [-0.25, -0.2) is 4.79 Å². The molecule has 0 atom stereocenters. The van der Waals surface area contributed by atoms with Crippen molar-refractivity contribution >= 4 is 11.7 Å². The van der Waals surface area contributed by atoms with E-state index in [-0.39, 0.29) is 0 Å². The number of aromatic carboxylic acids is 1. The molecule has 0 unspecified atom stereocenters. The molecule has 1 saturated carbocycles. The van der Waals surface area contributed by atoms with Crippen molar-refractivity contribution in [2.75, 3.05) is 11.9 Å². The minimum atomic E-state index is -0.856. The van der Waals surface area contributed by atoms with E-state index in [0.717, 1.165) is 17.8 Å². The molecule has 0 heterocycles. The molecule has 3 nitrogen and oxygen atoms in total. The molecule has 1 aliphatic rings. The molecule has 0 bridgehead atoms. The number of benzene rings is 1. The molecule has 0 radical (unpaired) electrons. The molecule has 0 aliphatic heterocycles. The van der Waals surface area contributed by atoms with Crippen LogP contribution in [0.25, 0.3) is 0 Å². The highest BCUT2D eigenvalue weighted by Gasteiger charge is 2.34. The van der Waals surface area contributed by atoms with Gasteiger partial charge in [-0.1, -0.05) is 38.8 Å². The molecule has 2 N–H and O–H groups in total. The molecule has 0 spiro atoms. The van der Waals surface area contributed by atoms with Crippen molar-refractivity contribution in [1.29, 1.82) is 0 Å². The first-order valence-corrected chi connectivity index (χ1v) is 8.00. The number of aryl methyl sites for hydroxylation is 1. The number of nitrogens with one attached hydrogen (secondary N) is 1. The monoisotopic (exact) mass is 289 g/mol. The standard InChI is InChI=1S/C18H27NO2/c1-13(2)11-18(9-4-5-10-18)12-19-16-14(3)7-6-8-15(16)17(20)21/h6-8,13,19H,4-5,9-12H2,1-3H3,(H,20,21). The number of anilines is 1. The van der Waals surface area contributed by atoms with Gasteiger partial charge in [-0.3, -0.25) is 0 Å². The zero-order valence-corrected chi connectivity index (χ0v) is 13.4. The van der Waals surface area contributed by atoms with Gasteiger partial charge in [0.15, 0.2) is 0 Å². The SMILES string of the molecule is Cc1cccc(C(=O)O)c1NCC1(CC(C)C)CCCC1. The Balaban J connectivity index is 2.16. The average Bonchev–Trinajstić information content (AvgIpc) is 2.85. The third-order valence-corrected chi connectivity index (χ3v) is 4.65. The van der Waals surface area contributed by atoms with Crippen LogP contribution in [0.3, 0.4) is 0 Å². The minimum Gasteiger partial charge on any atom is -0.478 e. The summed E-state index contributed by atoms with van der Waals surface area (Å²) in [7, 11) is 0. The normalized spacial score (nSPS) is 17.1. The van der Waals surface area contributed by atoms with E-state index in [9.17, 15) is 9.90 Å². The molecule has 1 aliphatic carbocycles. The first kappa shape index (κ1) is 15.9. The third kappa shape index (κ3) is 3.78. The summed E-state index contributed by atoms with van der Waals surface area (Å²) in [6, 6.07) is 5.46. The Labute approximate surface area is 127 Å². The Kier molecular flexibility index (Phi) is 4.92. The lowest BCUT2D eigenvalue weighted by Crippen LogP contribution is -2.29. The quantitative estimate of drug-likeness (QED) is 0.797. The van der Waals surface area contributed by atoms with Crippen molar-refractivity contribution in [3.63, 3.8) is 0 Å². The molecule has 2 rings (SSSR count). The maximum absolute atomic E-state index is 11.4. The fourth-order valence-electron chi connectivity index (χ4n) is 3.80. The second-order valence-corrected chi connectivity index (χ2v) is 6.96. The Bertz CT molecular complexity index is 502. The van der Waals surface area contributed by atoms with Crippen molar-refractivity contribution in [2.45, 2.75) is 52.9 Å². The average molecular weight is 289 g/mol. The van der Waals surface area contributed by atoms with Gasteiger partial charge in [0.2, 0.25) is 0 Å². The topological polar surface area (TPSA) is 49.3 Å². The van der Waals surface area contributed by atoms with Crippen LogP contribution >= 0.6 is 0 Å². The second-order valence-electron chi connectivity index (χ2n) is 6.96. The zero-order chi connectivity index (χ0) is 15.5. The van der Waals surface area contributed by atoms with Crippen LogP contribution in [-0.4, -0.2) is 17.6 Å². The van der Waals surface area contributed by atoms with Crippen LogP contribution in [0.2, 0.25) is 0 Å². The van der Waals surface area contributed by atoms with Gasteiger partial charge in [0.25, 0.3) is 0 Å². The number of hydrogen-bond donors (Lipinski definition) is 2. The lowest BCUT2D eigenvalue weighted by Gasteiger charge is -2.32. The number of hydrogen-bond acceptors (Lipinski definition) is 2. The summed E-state index contributed by atoms with van der Waals surface area (Å²) in [5.74, 6) is -0.175. The van der Waals surface area contributed by atoms with E-state index in [1.54, 1.807) is 6.07 Å². The van der Waals surface area contributed by atoms with Gasteiger partial charge in [0, 0.05) is 6.54 Å². The molecule has 1 aromatic carbocycles. The van der Waals surface area contributed by atoms with Gasteiger partial charge < -0.3 is 10.4 Å². The first-order valence-electron chi connectivity index (χ1n) is 8.00. The van der Waals surface area contributed by atoms with Gasteiger partial charge >= 0.3 is 5.97 Å². The van der Waals surface area contributed by atoms with Crippen LogP contribution in [0.1, 0.15) is 61.9 Å². The van der Waals surface area contributed by atoms with E-state index in [1.807, 2.05) is 19.1 Å². The molecule has 21 heavy (non-hydrogen) atoms. The van der Waals surface area contributed by atoms with Gasteiger partial charge in [-0.05, 0) is 49.1 Å². The Hall–Kier alpha value is -1.51. The summed E-state index contributed by atoms with van der Waals surface area (Å²) in [4.78, 5) is 11.4. The highest BCUT2D eigenvalue weighted by molar-refractivity contribution is 5.95. The number of para-hydroxylation sites is 1. The van der Waals surface area contributed by atoms with E-state index < -0.39 is 5.97 Å². The Morgan fingerprint density at radius 3 is 2.57 bits per heavy atom. The molecule has 3 heteroatoms. The summed E-state index contributed by atoms with van der Waals surface area (Å²) >= 11 is 0. The Morgan fingerprint density at radius 2 is 2.00 bits per heavy atom. The predicted molar refractivity (Wildman–Crippen MR) is 87.0 cm³/mol.